The third kappa shape index (κ3) is 5.04. The second-order valence-corrected chi connectivity index (χ2v) is 7.23. The first-order valence-electron chi connectivity index (χ1n) is 5.95. The van der Waals surface area contributed by atoms with Crippen LogP contribution in [0.15, 0.2) is 0 Å². The van der Waals surface area contributed by atoms with Gasteiger partial charge in [-0.3, -0.25) is 4.79 Å². The summed E-state index contributed by atoms with van der Waals surface area (Å²) in [5.41, 5.74) is 0. The minimum absolute atomic E-state index is 0.00393. The summed E-state index contributed by atoms with van der Waals surface area (Å²) in [6, 6.07) is 0.473. The number of sulfone groups is 1. The van der Waals surface area contributed by atoms with Crippen molar-refractivity contribution in [3.63, 3.8) is 0 Å². The molecule has 1 fully saturated rings. The number of rotatable bonds is 4. The number of carbonyl (C=O) groups is 1. The molecule has 0 aliphatic carbocycles. The molecular formula is C11H22N2O3S. The van der Waals surface area contributed by atoms with Crippen LogP contribution in [0.25, 0.3) is 0 Å². The molecule has 2 atom stereocenters. The van der Waals surface area contributed by atoms with Gasteiger partial charge < -0.3 is 10.2 Å². The highest BCUT2D eigenvalue weighted by molar-refractivity contribution is 7.90. The van der Waals surface area contributed by atoms with Gasteiger partial charge in [0.25, 0.3) is 0 Å². The lowest BCUT2D eigenvalue weighted by Crippen LogP contribution is -2.45. The van der Waals surface area contributed by atoms with E-state index in [9.17, 15) is 13.2 Å². The molecule has 1 rings (SSSR count). The first kappa shape index (κ1) is 14.4. The van der Waals surface area contributed by atoms with Gasteiger partial charge in [0.05, 0.1) is 11.7 Å². The zero-order valence-electron chi connectivity index (χ0n) is 10.8. The predicted molar refractivity (Wildman–Crippen MR) is 67.5 cm³/mol. The molecule has 5 nitrogen and oxygen atoms in total. The molecule has 0 aromatic rings. The monoisotopic (exact) mass is 262 g/mol. The van der Waals surface area contributed by atoms with Gasteiger partial charge in [-0.1, -0.05) is 0 Å². The van der Waals surface area contributed by atoms with Crippen LogP contribution in [0.1, 0.15) is 19.8 Å². The summed E-state index contributed by atoms with van der Waals surface area (Å²) in [4.78, 5) is 13.5. The molecule has 1 saturated heterocycles. The lowest BCUT2D eigenvalue weighted by atomic mass is 9.94. The maximum atomic E-state index is 12.0. The molecule has 1 amide bonds. The summed E-state index contributed by atoms with van der Waals surface area (Å²) in [6.07, 6.45) is 3.07. The van der Waals surface area contributed by atoms with Crippen LogP contribution in [0.2, 0.25) is 0 Å². The van der Waals surface area contributed by atoms with Crippen LogP contribution in [0, 0.1) is 5.92 Å². The van der Waals surface area contributed by atoms with Crippen LogP contribution in [-0.2, 0) is 14.6 Å². The zero-order chi connectivity index (χ0) is 13.1. The van der Waals surface area contributed by atoms with Gasteiger partial charge in [0, 0.05) is 32.4 Å². The van der Waals surface area contributed by atoms with Gasteiger partial charge in [0.1, 0.15) is 9.84 Å². The molecule has 1 aliphatic rings. The Morgan fingerprint density at radius 1 is 1.41 bits per heavy atom. The Morgan fingerprint density at radius 2 is 2.06 bits per heavy atom. The predicted octanol–water partition coefficient (Wildman–Crippen LogP) is -0.122. The average Bonchev–Trinajstić information content (AvgIpc) is 2.25. The van der Waals surface area contributed by atoms with E-state index in [1.54, 1.807) is 7.05 Å². The summed E-state index contributed by atoms with van der Waals surface area (Å²) in [5.74, 6) is 0.0787. The van der Waals surface area contributed by atoms with E-state index in [1.807, 2.05) is 0 Å². The molecule has 100 valence electrons. The summed E-state index contributed by atoms with van der Waals surface area (Å²) >= 11 is 0. The Morgan fingerprint density at radius 3 is 2.53 bits per heavy atom. The molecule has 0 aromatic carbocycles. The minimum atomic E-state index is -3.00. The van der Waals surface area contributed by atoms with Crippen molar-refractivity contribution in [2.75, 3.05) is 32.1 Å². The number of nitrogens with zero attached hydrogens (tertiary/aromatic N) is 1. The third-order valence-electron chi connectivity index (χ3n) is 3.18. The van der Waals surface area contributed by atoms with E-state index in [0.29, 0.717) is 12.6 Å². The van der Waals surface area contributed by atoms with Gasteiger partial charge in [-0.05, 0) is 19.8 Å². The highest BCUT2D eigenvalue weighted by Crippen LogP contribution is 2.16. The fraction of sp³-hybridized carbons (Fsp3) is 0.909. The van der Waals surface area contributed by atoms with Crippen molar-refractivity contribution in [2.45, 2.75) is 25.8 Å². The summed E-state index contributed by atoms with van der Waals surface area (Å²) < 4.78 is 22.1. The molecule has 0 radical (unpaired) electrons. The van der Waals surface area contributed by atoms with Crippen LogP contribution in [0.4, 0.5) is 0 Å². The highest BCUT2D eigenvalue weighted by atomic mass is 32.2. The van der Waals surface area contributed by atoms with E-state index in [-0.39, 0.29) is 24.1 Å². The summed E-state index contributed by atoms with van der Waals surface area (Å²) in [7, 11) is -1.33. The van der Waals surface area contributed by atoms with Crippen molar-refractivity contribution in [1.82, 2.24) is 10.2 Å². The van der Waals surface area contributed by atoms with Crippen molar-refractivity contribution in [3.05, 3.63) is 0 Å². The minimum Gasteiger partial charge on any atom is -0.344 e. The van der Waals surface area contributed by atoms with Gasteiger partial charge in [0.2, 0.25) is 5.91 Å². The molecule has 1 N–H and O–H groups in total. The Labute approximate surface area is 103 Å². The third-order valence-corrected chi connectivity index (χ3v) is 4.11. The zero-order valence-corrected chi connectivity index (χ0v) is 11.6. The number of piperidine rings is 1. The lowest BCUT2D eigenvalue weighted by molar-refractivity contribution is -0.134. The fourth-order valence-corrected chi connectivity index (χ4v) is 2.54. The molecule has 0 saturated carbocycles. The Kier molecular flexibility index (Phi) is 4.94. The van der Waals surface area contributed by atoms with E-state index in [4.69, 9.17) is 0 Å². The number of carbonyl (C=O) groups excluding carboxylic acids is 1. The van der Waals surface area contributed by atoms with Crippen molar-refractivity contribution in [2.24, 2.45) is 5.92 Å². The Bertz CT molecular complexity index is 359. The molecule has 0 bridgehead atoms. The van der Waals surface area contributed by atoms with Crippen molar-refractivity contribution < 1.29 is 13.2 Å². The van der Waals surface area contributed by atoms with E-state index in [1.165, 1.54) is 11.2 Å². The van der Waals surface area contributed by atoms with Crippen LogP contribution in [0.3, 0.4) is 0 Å². The molecule has 1 heterocycles. The normalized spacial score (nSPS) is 25.6. The Balaban J connectivity index is 2.41. The van der Waals surface area contributed by atoms with Gasteiger partial charge in [-0.25, -0.2) is 8.42 Å². The highest BCUT2D eigenvalue weighted by Gasteiger charge is 2.26. The van der Waals surface area contributed by atoms with E-state index in [2.05, 4.69) is 12.2 Å². The van der Waals surface area contributed by atoms with E-state index in [0.717, 1.165) is 12.8 Å². The van der Waals surface area contributed by atoms with Gasteiger partial charge in [-0.2, -0.15) is 0 Å². The van der Waals surface area contributed by atoms with Gasteiger partial charge in [0.15, 0.2) is 0 Å². The van der Waals surface area contributed by atoms with Crippen LogP contribution < -0.4 is 5.32 Å². The smallest absolute Gasteiger partial charge is 0.226 e. The topological polar surface area (TPSA) is 66.5 Å². The van der Waals surface area contributed by atoms with Crippen molar-refractivity contribution >= 4 is 15.7 Å². The van der Waals surface area contributed by atoms with E-state index >= 15 is 0 Å². The van der Waals surface area contributed by atoms with Gasteiger partial charge >= 0.3 is 0 Å². The maximum Gasteiger partial charge on any atom is 0.226 e. The largest absolute Gasteiger partial charge is 0.344 e. The molecule has 1 aliphatic heterocycles. The maximum absolute atomic E-state index is 12.0. The summed E-state index contributed by atoms with van der Waals surface area (Å²) in [6.45, 7) is 3.08. The molecule has 17 heavy (non-hydrogen) atoms. The SMILES string of the molecule is CC1CCC(C(=O)N(C)CCS(C)(=O)=O)CN1. The van der Waals surface area contributed by atoms with E-state index < -0.39 is 9.84 Å². The molecular weight excluding hydrogens is 240 g/mol. The molecule has 0 spiro atoms. The average molecular weight is 262 g/mol. The van der Waals surface area contributed by atoms with Crippen LogP contribution in [-0.4, -0.2) is 57.4 Å². The second-order valence-electron chi connectivity index (χ2n) is 4.97. The quantitative estimate of drug-likeness (QED) is 0.767. The first-order chi connectivity index (χ1) is 7.79. The summed E-state index contributed by atoms with van der Waals surface area (Å²) in [5, 5.41) is 3.27. The Hall–Kier alpha value is -0.620. The molecule has 6 heteroatoms. The molecule has 0 aromatic heterocycles. The van der Waals surface area contributed by atoms with Crippen LogP contribution >= 0.6 is 0 Å². The van der Waals surface area contributed by atoms with Crippen molar-refractivity contribution in [1.29, 1.82) is 0 Å². The van der Waals surface area contributed by atoms with Crippen LogP contribution in [0.5, 0.6) is 0 Å². The fourth-order valence-electron chi connectivity index (χ4n) is 1.93. The lowest BCUT2D eigenvalue weighted by Gasteiger charge is -2.29. The molecule has 2 unspecified atom stereocenters. The number of hydrogen-bond acceptors (Lipinski definition) is 4. The van der Waals surface area contributed by atoms with Crippen molar-refractivity contribution in [3.8, 4) is 0 Å². The number of amides is 1. The number of hydrogen-bond donors (Lipinski definition) is 1. The first-order valence-corrected chi connectivity index (χ1v) is 8.01. The second kappa shape index (κ2) is 5.82. The standard InChI is InChI=1S/C11H22N2O3S/c1-9-4-5-10(8-12-9)11(14)13(2)6-7-17(3,15)16/h9-10,12H,4-8H2,1-3H3. The number of nitrogens with one attached hydrogen (secondary N) is 1. The van der Waals surface area contributed by atoms with Gasteiger partial charge in [-0.15, -0.1) is 0 Å².